The smallest absolute Gasteiger partial charge is 0.262 e. The molecule has 1 aromatic heterocycles. The number of nitrogens with zero attached hydrogens (tertiary/aromatic N) is 1. The van der Waals surface area contributed by atoms with Gasteiger partial charge in [0.1, 0.15) is 5.75 Å². The van der Waals surface area contributed by atoms with Crippen molar-refractivity contribution in [1.29, 1.82) is 5.26 Å². The zero-order valence-corrected chi connectivity index (χ0v) is 13.9. The summed E-state index contributed by atoms with van der Waals surface area (Å²) in [6, 6.07) is 11.2. The Hall–Kier alpha value is -2.98. The molecule has 0 atom stereocenters. The number of ether oxygens (including phenoxy) is 1. The first-order valence-corrected chi connectivity index (χ1v) is 8.62. The lowest BCUT2D eigenvalue weighted by molar-refractivity contribution is 0.420. The van der Waals surface area contributed by atoms with Crippen molar-refractivity contribution in [2.75, 3.05) is 11.8 Å². The number of sulfonamides is 1. The van der Waals surface area contributed by atoms with Crippen LogP contribution in [0.25, 0.3) is 10.9 Å². The molecule has 122 valence electrons. The average molecular weight is 341 g/mol. The van der Waals surface area contributed by atoms with Crippen LogP contribution in [0.1, 0.15) is 11.1 Å². The van der Waals surface area contributed by atoms with E-state index < -0.39 is 10.0 Å². The Morgan fingerprint density at radius 3 is 2.75 bits per heavy atom. The molecule has 2 aromatic carbocycles. The molecular formula is C17H15N3O3S. The minimum atomic E-state index is -3.81. The predicted molar refractivity (Wildman–Crippen MR) is 91.6 cm³/mol. The first-order chi connectivity index (χ1) is 11.5. The number of aryl methyl sites for hydroxylation is 1. The molecule has 0 unspecified atom stereocenters. The Labute approximate surface area is 139 Å². The molecular weight excluding hydrogens is 326 g/mol. The van der Waals surface area contributed by atoms with Gasteiger partial charge in [0.15, 0.2) is 0 Å². The van der Waals surface area contributed by atoms with Crippen LogP contribution >= 0.6 is 0 Å². The van der Waals surface area contributed by atoms with Gasteiger partial charge in [0.25, 0.3) is 10.0 Å². The highest BCUT2D eigenvalue weighted by Crippen LogP contribution is 2.34. The SMILES string of the molecule is COc1ccc(NS(=O)(=O)c2cccc(C#N)c2)c2[nH]cc(C)c12. The van der Waals surface area contributed by atoms with E-state index in [1.54, 1.807) is 31.5 Å². The molecule has 7 heteroatoms. The maximum absolute atomic E-state index is 12.6. The summed E-state index contributed by atoms with van der Waals surface area (Å²) in [6.45, 7) is 1.91. The van der Waals surface area contributed by atoms with E-state index in [0.717, 1.165) is 10.9 Å². The van der Waals surface area contributed by atoms with Gasteiger partial charge in [-0.2, -0.15) is 5.26 Å². The van der Waals surface area contributed by atoms with Crippen LogP contribution in [-0.4, -0.2) is 20.5 Å². The van der Waals surface area contributed by atoms with Gasteiger partial charge in [-0.05, 0) is 42.8 Å². The zero-order chi connectivity index (χ0) is 17.3. The summed E-state index contributed by atoms with van der Waals surface area (Å²) in [5.41, 5.74) is 2.30. The topological polar surface area (TPSA) is 95.0 Å². The molecule has 0 radical (unpaired) electrons. The van der Waals surface area contributed by atoms with Crippen LogP contribution in [0, 0.1) is 18.3 Å². The fraction of sp³-hybridized carbons (Fsp3) is 0.118. The van der Waals surface area contributed by atoms with Crippen LogP contribution in [0.4, 0.5) is 5.69 Å². The molecule has 0 aliphatic heterocycles. The second kappa shape index (κ2) is 5.91. The quantitative estimate of drug-likeness (QED) is 0.762. The summed E-state index contributed by atoms with van der Waals surface area (Å²) in [5, 5.41) is 9.76. The van der Waals surface area contributed by atoms with Gasteiger partial charge in [-0.3, -0.25) is 4.72 Å². The molecule has 0 amide bonds. The van der Waals surface area contributed by atoms with Gasteiger partial charge in [-0.25, -0.2) is 8.42 Å². The van der Waals surface area contributed by atoms with Crippen LogP contribution in [0.2, 0.25) is 0 Å². The number of benzene rings is 2. The van der Waals surface area contributed by atoms with Crippen molar-refractivity contribution >= 4 is 26.6 Å². The van der Waals surface area contributed by atoms with E-state index in [4.69, 9.17) is 10.00 Å². The standard InChI is InChI=1S/C17H15N3O3S/c1-11-10-19-17-14(6-7-15(23-2)16(11)17)20-24(21,22)13-5-3-4-12(8-13)9-18/h3-8,10,19-20H,1-2H3. The number of rotatable bonds is 4. The van der Waals surface area contributed by atoms with E-state index in [1.165, 1.54) is 18.2 Å². The summed E-state index contributed by atoms with van der Waals surface area (Å²) in [4.78, 5) is 3.10. The summed E-state index contributed by atoms with van der Waals surface area (Å²) < 4.78 is 33.1. The maximum atomic E-state index is 12.6. The Kier molecular flexibility index (Phi) is 3.91. The number of fused-ring (bicyclic) bond motifs is 1. The fourth-order valence-electron chi connectivity index (χ4n) is 2.57. The highest BCUT2D eigenvalue weighted by atomic mass is 32.2. The zero-order valence-electron chi connectivity index (χ0n) is 13.1. The number of hydrogen-bond donors (Lipinski definition) is 2. The summed E-state index contributed by atoms with van der Waals surface area (Å²) in [6.07, 6.45) is 1.79. The molecule has 1 heterocycles. The number of methoxy groups -OCH3 is 1. The Bertz CT molecular complexity index is 1060. The number of nitrogens with one attached hydrogen (secondary N) is 2. The second-order valence-electron chi connectivity index (χ2n) is 5.28. The van der Waals surface area contributed by atoms with Crippen molar-refractivity contribution in [2.45, 2.75) is 11.8 Å². The summed E-state index contributed by atoms with van der Waals surface area (Å²) in [7, 11) is -2.24. The molecule has 2 N–H and O–H groups in total. The molecule has 24 heavy (non-hydrogen) atoms. The first-order valence-electron chi connectivity index (χ1n) is 7.14. The number of aromatic nitrogens is 1. The number of H-pyrrole nitrogens is 1. The predicted octanol–water partition coefficient (Wildman–Crippen LogP) is 3.16. The lowest BCUT2D eigenvalue weighted by Gasteiger charge is -2.11. The minimum Gasteiger partial charge on any atom is -0.496 e. The summed E-state index contributed by atoms with van der Waals surface area (Å²) >= 11 is 0. The van der Waals surface area contributed by atoms with Gasteiger partial charge >= 0.3 is 0 Å². The minimum absolute atomic E-state index is 0.0359. The lowest BCUT2D eigenvalue weighted by atomic mass is 10.1. The van der Waals surface area contributed by atoms with E-state index in [2.05, 4.69) is 9.71 Å². The van der Waals surface area contributed by atoms with E-state index in [-0.39, 0.29) is 10.5 Å². The molecule has 6 nitrogen and oxygen atoms in total. The molecule has 0 saturated heterocycles. The lowest BCUT2D eigenvalue weighted by Crippen LogP contribution is -2.13. The maximum Gasteiger partial charge on any atom is 0.262 e. The third-order valence-corrected chi connectivity index (χ3v) is 5.10. The molecule has 3 rings (SSSR count). The number of aromatic amines is 1. The van der Waals surface area contributed by atoms with E-state index >= 15 is 0 Å². The van der Waals surface area contributed by atoms with E-state index in [0.29, 0.717) is 17.0 Å². The van der Waals surface area contributed by atoms with Gasteiger partial charge in [0, 0.05) is 11.6 Å². The van der Waals surface area contributed by atoms with Crippen LogP contribution in [0.5, 0.6) is 5.75 Å². The van der Waals surface area contributed by atoms with Crippen LogP contribution in [0.15, 0.2) is 47.5 Å². The molecule has 0 spiro atoms. The third-order valence-electron chi connectivity index (χ3n) is 3.73. The largest absolute Gasteiger partial charge is 0.496 e. The molecule has 0 bridgehead atoms. The fourth-order valence-corrected chi connectivity index (χ4v) is 3.69. The second-order valence-corrected chi connectivity index (χ2v) is 6.96. The molecule has 0 saturated carbocycles. The number of anilines is 1. The van der Waals surface area contributed by atoms with Crippen LogP contribution in [0.3, 0.4) is 0 Å². The molecule has 0 fully saturated rings. The van der Waals surface area contributed by atoms with Crippen molar-refractivity contribution in [1.82, 2.24) is 4.98 Å². The summed E-state index contributed by atoms with van der Waals surface area (Å²) in [5.74, 6) is 0.665. The Balaban J connectivity index is 2.08. The van der Waals surface area contributed by atoms with Gasteiger partial charge < -0.3 is 9.72 Å². The monoisotopic (exact) mass is 341 g/mol. The molecule has 0 aliphatic carbocycles. The van der Waals surface area contributed by atoms with E-state index in [1.807, 2.05) is 13.0 Å². The van der Waals surface area contributed by atoms with Gasteiger partial charge in [-0.15, -0.1) is 0 Å². The van der Waals surface area contributed by atoms with E-state index in [9.17, 15) is 8.42 Å². The Morgan fingerprint density at radius 1 is 1.25 bits per heavy atom. The highest BCUT2D eigenvalue weighted by Gasteiger charge is 2.18. The number of hydrogen-bond acceptors (Lipinski definition) is 4. The highest BCUT2D eigenvalue weighted by molar-refractivity contribution is 7.92. The van der Waals surface area contributed by atoms with Gasteiger partial charge in [-0.1, -0.05) is 6.07 Å². The van der Waals surface area contributed by atoms with Crippen molar-refractivity contribution in [3.8, 4) is 11.8 Å². The Morgan fingerprint density at radius 2 is 2.04 bits per heavy atom. The average Bonchev–Trinajstić information content (AvgIpc) is 2.98. The number of nitriles is 1. The van der Waals surface area contributed by atoms with Crippen molar-refractivity contribution < 1.29 is 13.2 Å². The van der Waals surface area contributed by atoms with Crippen LogP contribution in [-0.2, 0) is 10.0 Å². The first kappa shape index (κ1) is 15.9. The van der Waals surface area contributed by atoms with Crippen molar-refractivity contribution in [2.24, 2.45) is 0 Å². The third kappa shape index (κ3) is 2.68. The van der Waals surface area contributed by atoms with Gasteiger partial charge in [0.2, 0.25) is 0 Å². The van der Waals surface area contributed by atoms with Crippen molar-refractivity contribution in [3.63, 3.8) is 0 Å². The normalized spacial score (nSPS) is 11.2. The molecule has 3 aromatic rings. The van der Waals surface area contributed by atoms with Crippen LogP contribution < -0.4 is 9.46 Å². The molecule has 0 aliphatic rings. The van der Waals surface area contributed by atoms with Crippen molar-refractivity contribution in [3.05, 3.63) is 53.7 Å². The van der Waals surface area contributed by atoms with Gasteiger partial charge in [0.05, 0.1) is 34.8 Å².